The van der Waals surface area contributed by atoms with Crippen molar-refractivity contribution in [3.63, 3.8) is 0 Å². The van der Waals surface area contributed by atoms with Crippen molar-refractivity contribution >= 4 is 5.91 Å². The second-order valence-corrected chi connectivity index (χ2v) is 8.85. The SMILES string of the molecule is CC1C=C(O)C(C)(C2c3ccccc3CCN2C(=O)c2ccccc2)c2ccccc21. The molecule has 0 bridgehead atoms. The summed E-state index contributed by atoms with van der Waals surface area (Å²) >= 11 is 0. The summed E-state index contributed by atoms with van der Waals surface area (Å²) in [4.78, 5) is 15.7. The van der Waals surface area contributed by atoms with Crippen LogP contribution in [-0.2, 0) is 11.8 Å². The summed E-state index contributed by atoms with van der Waals surface area (Å²) in [6.45, 7) is 4.81. The van der Waals surface area contributed by atoms with E-state index in [0.717, 1.165) is 17.5 Å². The number of allylic oxidation sites excluding steroid dienone is 1. The molecule has 1 amide bonds. The molecule has 1 aliphatic carbocycles. The summed E-state index contributed by atoms with van der Waals surface area (Å²) < 4.78 is 0. The van der Waals surface area contributed by atoms with E-state index in [0.29, 0.717) is 17.9 Å². The van der Waals surface area contributed by atoms with Gasteiger partial charge in [0.2, 0.25) is 0 Å². The minimum Gasteiger partial charge on any atom is -0.512 e. The second kappa shape index (κ2) is 7.42. The van der Waals surface area contributed by atoms with Crippen LogP contribution in [-0.4, -0.2) is 22.5 Å². The number of amides is 1. The third-order valence-corrected chi connectivity index (χ3v) is 7.06. The smallest absolute Gasteiger partial charge is 0.254 e. The van der Waals surface area contributed by atoms with E-state index in [-0.39, 0.29) is 17.9 Å². The van der Waals surface area contributed by atoms with Crippen LogP contribution < -0.4 is 0 Å². The zero-order valence-electron chi connectivity index (χ0n) is 18.0. The first-order valence-corrected chi connectivity index (χ1v) is 11.0. The standard InChI is InChI=1S/C28H27NO2/c1-19-18-25(30)28(2,24-15-9-8-13-22(19)24)26-23-14-7-6-10-20(23)16-17-29(26)27(31)21-11-4-3-5-12-21/h3-15,18-19,26,30H,16-17H2,1-2H3. The van der Waals surface area contributed by atoms with Crippen LogP contribution in [0.1, 0.15) is 58.4 Å². The van der Waals surface area contributed by atoms with E-state index in [1.54, 1.807) is 0 Å². The molecule has 3 nitrogen and oxygen atoms in total. The molecule has 0 aromatic heterocycles. The lowest BCUT2D eigenvalue weighted by molar-refractivity contribution is 0.0533. The van der Waals surface area contributed by atoms with Crippen molar-refractivity contribution in [3.8, 4) is 0 Å². The van der Waals surface area contributed by atoms with Crippen molar-refractivity contribution in [1.29, 1.82) is 0 Å². The molecule has 3 unspecified atom stereocenters. The van der Waals surface area contributed by atoms with Gasteiger partial charge in [0.05, 0.1) is 11.5 Å². The summed E-state index contributed by atoms with van der Waals surface area (Å²) in [5, 5.41) is 11.4. The van der Waals surface area contributed by atoms with Gasteiger partial charge < -0.3 is 10.0 Å². The average Bonchev–Trinajstić information content (AvgIpc) is 2.82. The molecule has 0 saturated carbocycles. The van der Waals surface area contributed by atoms with E-state index in [1.165, 1.54) is 11.1 Å². The molecule has 2 aliphatic rings. The van der Waals surface area contributed by atoms with Crippen molar-refractivity contribution in [3.05, 3.63) is 119 Å². The number of carbonyl (C=O) groups excluding carboxylic acids is 1. The van der Waals surface area contributed by atoms with Gasteiger partial charge in [-0.15, -0.1) is 0 Å². The molecule has 3 aromatic rings. The van der Waals surface area contributed by atoms with Crippen molar-refractivity contribution in [2.45, 2.75) is 37.6 Å². The van der Waals surface area contributed by atoms with Gasteiger partial charge >= 0.3 is 0 Å². The first-order chi connectivity index (χ1) is 15.0. The lowest BCUT2D eigenvalue weighted by Gasteiger charge is -2.49. The minimum atomic E-state index is -0.732. The Balaban J connectivity index is 1.73. The fraction of sp³-hybridized carbons (Fsp3) is 0.250. The largest absolute Gasteiger partial charge is 0.512 e. The van der Waals surface area contributed by atoms with Gasteiger partial charge in [0.25, 0.3) is 5.91 Å². The van der Waals surface area contributed by atoms with E-state index in [2.05, 4.69) is 44.2 Å². The van der Waals surface area contributed by atoms with Crippen LogP contribution in [0.15, 0.2) is 90.7 Å². The van der Waals surface area contributed by atoms with Crippen molar-refractivity contribution in [2.75, 3.05) is 6.54 Å². The van der Waals surface area contributed by atoms with E-state index in [9.17, 15) is 9.90 Å². The highest BCUT2D eigenvalue weighted by Gasteiger charge is 2.50. The van der Waals surface area contributed by atoms with Crippen LogP contribution in [0.25, 0.3) is 0 Å². The Morgan fingerprint density at radius 3 is 2.35 bits per heavy atom. The topological polar surface area (TPSA) is 40.5 Å². The first-order valence-electron chi connectivity index (χ1n) is 11.0. The van der Waals surface area contributed by atoms with E-state index >= 15 is 0 Å². The third kappa shape index (κ3) is 2.99. The van der Waals surface area contributed by atoms with Crippen molar-refractivity contribution in [1.82, 2.24) is 4.90 Å². The molecule has 0 radical (unpaired) electrons. The molecular formula is C28H27NO2. The number of hydrogen-bond acceptors (Lipinski definition) is 2. The van der Waals surface area contributed by atoms with Gasteiger partial charge in [-0.25, -0.2) is 0 Å². The molecule has 0 fully saturated rings. The summed E-state index contributed by atoms with van der Waals surface area (Å²) in [6, 6.07) is 25.8. The number of carbonyl (C=O) groups is 1. The fourth-order valence-corrected chi connectivity index (χ4v) is 5.45. The normalized spacial score (nSPS) is 24.7. The van der Waals surface area contributed by atoms with Gasteiger partial charge in [-0.3, -0.25) is 4.79 Å². The molecule has 31 heavy (non-hydrogen) atoms. The maximum atomic E-state index is 13.7. The van der Waals surface area contributed by atoms with E-state index in [4.69, 9.17) is 0 Å². The Morgan fingerprint density at radius 1 is 0.935 bits per heavy atom. The Hall–Kier alpha value is -3.33. The molecule has 3 atom stereocenters. The summed E-state index contributed by atoms with van der Waals surface area (Å²) in [6.07, 6.45) is 2.76. The maximum Gasteiger partial charge on any atom is 0.254 e. The van der Waals surface area contributed by atoms with Gasteiger partial charge in [-0.2, -0.15) is 0 Å². The van der Waals surface area contributed by atoms with E-state index < -0.39 is 5.41 Å². The third-order valence-electron chi connectivity index (χ3n) is 7.06. The van der Waals surface area contributed by atoms with Gasteiger partial charge in [0.15, 0.2) is 0 Å². The van der Waals surface area contributed by atoms with Crippen LogP contribution in [0, 0.1) is 0 Å². The highest BCUT2D eigenvalue weighted by molar-refractivity contribution is 5.95. The summed E-state index contributed by atoms with van der Waals surface area (Å²) in [5.74, 6) is 0.470. The van der Waals surface area contributed by atoms with Gasteiger partial charge in [-0.1, -0.05) is 73.7 Å². The Morgan fingerprint density at radius 2 is 1.58 bits per heavy atom. The van der Waals surface area contributed by atoms with Crippen molar-refractivity contribution < 1.29 is 9.90 Å². The maximum absolute atomic E-state index is 13.7. The van der Waals surface area contributed by atoms with Crippen LogP contribution in [0.5, 0.6) is 0 Å². The number of aliphatic hydroxyl groups is 1. The van der Waals surface area contributed by atoms with E-state index in [1.807, 2.05) is 59.5 Å². The fourth-order valence-electron chi connectivity index (χ4n) is 5.45. The zero-order chi connectivity index (χ0) is 21.6. The van der Waals surface area contributed by atoms with Crippen LogP contribution in [0.3, 0.4) is 0 Å². The number of benzene rings is 3. The summed E-state index contributed by atoms with van der Waals surface area (Å²) in [5.41, 5.74) is 4.60. The van der Waals surface area contributed by atoms with Gasteiger partial charge in [-0.05, 0) is 53.8 Å². The molecular weight excluding hydrogens is 382 g/mol. The number of aliphatic hydroxyl groups excluding tert-OH is 1. The highest BCUT2D eigenvalue weighted by Crippen LogP contribution is 2.52. The zero-order valence-corrected chi connectivity index (χ0v) is 18.0. The Labute approximate surface area is 183 Å². The number of rotatable bonds is 2. The predicted molar refractivity (Wildman–Crippen MR) is 123 cm³/mol. The Kier molecular flexibility index (Phi) is 4.70. The van der Waals surface area contributed by atoms with Crippen LogP contribution in [0.2, 0.25) is 0 Å². The van der Waals surface area contributed by atoms with Gasteiger partial charge in [0.1, 0.15) is 5.76 Å². The monoisotopic (exact) mass is 409 g/mol. The predicted octanol–water partition coefficient (Wildman–Crippen LogP) is 5.94. The van der Waals surface area contributed by atoms with Gasteiger partial charge in [0, 0.05) is 18.0 Å². The number of fused-ring (bicyclic) bond motifs is 2. The molecule has 5 rings (SSSR count). The first kappa shape index (κ1) is 19.6. The molecule has 0 spiro atoms. The molecule has 0 saturated heterocycles. The number of hydrogen-bond donors (Lipinski definition) is 1. The van der Waals surface area contributed by atoms with Crippen LogP contribution >= 0.6 is 0 Å². The molecule has 1 aliphatic heterocycles. The van der Waals surface area contributed by atoms with Crippen molar-refractivity contribution in [2.24, 2.45) is 0 Å². The van der Waals surface area contributed by atoms with Crippen LogP contribution in [0.4, 0.5) is 0 Å². The number of nitrogens with zero attached hydrogens (tertiary/aromatic N) is 1. The second-order valence-electron chi connectivity index (χ2n) is 8.85. The summed E-state index contributed by atoms with van der Waals surface area (Å²) in [7, 11) is 0. The molecule has 1 heterocycles. The quantitative estimate of drug-likeness (QED) is 0.569. The molecule has 1 N–H and O–H groups in total. The molecule has 3 heteroatoms. The lowest BCUT2D eigenvalue weighted by Crippen LogP contribution is -2.50. The Bertz CT molecular complexity index is 1170. The average molecular weight is 410 g/mol. The molecule has 156 valence electrons. The molecule has 3 aromatic carbocycles. The lowest BCUT2D eigenvalue weighted by atomic mass is 9.63. The minimum absolute atomic E-state index is 0.00484. The highest BCUT2D eigenvalue weighted by atomic mass is 16.3.